The molecule has 0 unspecified atom stereocenters. The van der Waals surface area contributed by atoms with Crippen LogP contribution >= 0.6 is 31.9 Å². The first-order valence-electron chi connectivity index (χ1n) is 8.27. The molecular formula is C17H20Br2N2O3S. The van der Waals surface area contributed by atoms with Gasteiger partial charge in [-0.3, -0.25) is 4.79 Å². The van der Waals surface area contributed by atoms with E-state index in [1.54, 1.807) is 23.1 Å². The third-order valence-electron chi connectivity index (χ3n) is 4.65. The number of halogens is 2. The molecule has 0 saturated carbocycles. The lowest BCUT2D eigenvalue weighted by Gasteiger charge is -2.34. The molecule has 0 bridgehead atoms. The summed E-state index contributed by atoms with van der Waals surface area (Å²) < 4.78 is 28.5. The van der Waals surface area contributed by atoms with Gasteiger partial charge in [0.15, 0.2) is 0 Å². The van der Waals surface area contributed by atoms with Crippen molar-refractivity contribution in [3.05, 3.63) is 39.3 Å². The Morgan fingerprint density at radius 1 is 1.16 bits per heavy atom. The lowest BCUT2D eigenvalue weighted by molar-refractivity contribution is -0.133. The highest BCUT2D eigenvalue weighted by Gasteiger charge is 2.32. The van der Waals surface area contributed by atoms with Crippen LogP contribution in [0.1, 0.15) is 19.3 Å². The maximum absolute atomic E-state index is 12.9. The zero-order chi connectivity index (χ0) is 18.0. The molecule has 3 rings (SSSR count). The molecule has 1 heterocycles. The van der Waals surface area contributed by atoms with Gasteiger partial charge in [0.05, 0.1) is 4.90 Å². The Morgan fingerprint density at radius 3 is 2.52 bits per heavy atom. The third kappa shape index (κ3) is 4.35. The Hall–Kier alpha value is -0.700. The average molecular weight is 492 g/mol. The van der Waals surface area contributed by atoms with Crippen molar-refractivity contribution < 1.29 is 13.2 Å². The van der Waals surface area contributed by atoms with Crippen molar-refractivity contribution in [3.8, 4) is 0 Å². The third-order valence-corrected chi connectivity index (χ3v) is 8.04. The predicted octanol–water partition coefficient (Wildman–Crippen LogP) is 3.40. The maximum atomic E-state index is 12.9. The minimum Gasteiger partial charge on any atom is -0.340 e. The van der Waals surface area contributed by atoms with E-state index in [4.69, 9.17) is 0 Å². The first-order valence-corrected chi connectivity index (χ1v) is 11.3. The van der Waals surface area contributed by atoms with Crippen LogP contribution in [0.25, 0.3) is 0 Å². The van der Waals surface area contributed by atoms with Crippen molar-refractivity contribution in [3.63, 3.8) is 0 Å². The molecule has 0 aromatic heterocycles. The Balaban J connectivity index is 1.64. The standard InChI is InChI=1S/C17H20Br2N2O3S/c18-14-5-6-15(19)16(12-14)25(23,24)21-9-7-20(8-10-21)17(22)11-13-3-1-2-4-13/h1,3,5-6,12-13H,2,4,7-11H2/t13-/m1/s1. The Bertz CT molecular complexity index is 787. The molecule has 1 aromatic rings. The van der Waals surface area contributed by atoms with Crippen LogP contribution in [0.3, 0.4) is 0 Å². The second-order valence-corrected chi connectivity index (χ2v) is 10.0. The number of benzene rings is 1. The van der Waals surface area contributed by atoms with E-state index in [1.165, 1.54) is 4.31 Å². The van der Waals surface area contributed by atoms with E-state index in [1.807, 2.05) is 0 Å². The average Bonchev–Trinajstić information content (AvgIpc) is 3.10. The van der Waals surface area contributed by atoms with Crippen LogP contribution in [-0.2, 0) is 14.8 Å². The van der Waals surface area contributed by atoms with E-state index < -0.39 is 10.0 Å². The number of rotatable bonds is 4. The number of hydrogen-bond acceptors (Lipinski definition) is 3. The summed E-state index contributed by atoms with van der Waals surface area (Å²) in [7, 11) is -3.58. The van der Waals surface area contributed by atoms with Gasteiger partial charge in [0, 0.05) is 41.5 Å². The molecule has 1 aromatic carbocycles. The number of amides is 1. The SMILES string of the molecule is O=C(C[C@@H]1C=CCC1)N1CCN(S(=O)(=O)c2cc(Br)ccc2Br)CC1. The van der Waals surface area contributed by atoms with Gasteiger partial charge in [-0.05, 0) is 52.9 Å². The van der Waals surface area contributed by atoms with Crippen LogP contribution in [0.2, 0.25) is 0 Å². The van der Waals surface area contributed by atoms with Gasteiger partial charge in [-0.1, -0.05) is 28.1 Å². The van der Waals surface area contributed by atoms with Gasteiger partial charge in [-0.2, -0.15) is 4.31 Å². The summed E-state index contributed by atoms with van der Waals surface area (Å²) in [5.41, 5.74) is 0. The van der Waals surface area contributed by atoms with Gasteiger partial charge in [-0.25, -0.2) is 8.42 Å². The fraction of sp³-hybridized carbons (Fsp3) is 0.471. The lowest BCUT2D eigenvalue weighted by Crippen LogP contribution is -2.50. The van der Waals surface area contributed by atoms with Crippen molar-refractivity contribution in [2.24, 2.45) is 5.92 Å². The lowest BCUT2D eigenvalue weighted by atomic mass is 10.0. The quantitative estimate of drug-likeness (QED) is 0.606. The zero-order valence-corrected chi connectivity index (χ0v) is 17.7. The van der Waals surface area contributed by atoms with Gasteiger partial charge in [0.25, 0.3) is 0 Å². The van der Waals surface area contributed by atoms with Crippen LogP contribution in [0.4, 0.5) is 0 Å². The normalized spacial score (nSPS) is 21.7. The highest BCUT2D eigenvalue weighted by atomic mass is 79.9. The summed E-state index contributed by atoms with van der Waals surface area (Å²) in [6, 6.07) is 5.10. The number of carbonyl (C=O) groups is 1. The molecule has 1 atom stereocenters. The molecular weight excluding hydrogens is 472 g/mol. The van der Waals surface area contributed by atoms with E-state index >= 15 is 0 Å². The van der Waals surface area contributed by atoms with Gasteiger partial charge < -0.3 is 4.90 Å². The predicted molar refractivity (Wildman–Crippen MR) is 104 cm³/mol. The van der Waals surface area contributed by atoms with Crippen molar-refractivity contribution in [1.82, 2.24) is 9.21 Å². The minimum absolute atomic E-state index is 0.122. The van der Waals surface area contributed by atoms with E-state index in [-0.39, 0.29) is 10.8 Å². The molecule has 1 amide bonds. The first kappa shape index (κ1) is 19.1. The van der Waals surface area contributed by atoms with Gasteiger partial charge in [0.1, 0.15) is 0 Å². The number of nitrogens with zero attached hydrogens (tertiary/aromatic N) is 2. The van der Waals surface area contributed by atoms with Crippen molar-refractivity contribution in [2.75, 3.05) is 26.2 Å². The fourth-order valence-corrected chi connectivity index (χ4v) is 6.10. The summed E-state index contributed by atoms with van der Waals surface area (Å²) in [5, 5.41) is 0. The number of hydrogen-bond donors (Lipinski definition) is 0. The molecule has 0 radical (unpaired) electrons. The second kappa shape index (κ2) is 7.90. The van der Waals surface area contributed by atoms with Crippen LogP contribution < -0.4 is 0 Å². The van der Waals surface area contributed by atoms with E-state index in [9.17, 15) is 13.2 Å². The van der Waals surface area contributed by atoms with Gasteiger partial charge in [-0.15, -0.1) is 0 Å². The number of allylic oxidation sites excluding steroid dienone is 2. The topological polar surface area (TPSA) is 57.7 Å². The maximum Gasteiger partial charge on any atom is 0.244 e. The van der Waals surface area contributed by atoms with Crippen LogP contribution in [0.5, 0.6) is 0 Å². The van der Waals surface area contributed by atoms with Crippen LogP contribution in [-0.4, -0.2) is 49.7 Å². The fourth-order valence-electron chi connectivity index (χ4n) is 3.21. The Morgan fingerprint density at radius 2 is 1.88 bits per heavy atom. The molecule has 1 fully saturated rings. The summed E-state index contributed by atoms with van der Waals surface area (Å²) in [5.74, 6) is 0.462. The molecule has 0 spiro atoms. The van der Waals surface area contributed by atoms with E-state index in [0.29, 0.717) is 47.5 Å². The summed E-state index contributed by atoms with van der Waals surface area (Å²) >= 11 is 6.64. The molecule has 5 nitrogen and oxygen atoms in total. The highest BCUT2D eigenvalue weighted by Crippen LogP contribution is 2.29. The number of carbonyl (C=O) groups excluding carboxylic acids is 1. The van der Waals surface area contributed by atoms with Gasteiger partial charge >= 0.3 is 0 Å². The van der Waals surface area contributed by atoms with Gasteiger partial charge in [0.2, 0.25) is 15.9 Å². The van der Waals surface area contributed by atoms with E-state index in [0.717, 1.165) is 12.8 Å². The van der Waals surface area contributed by atoms with Crippen molar-refractivity contribution >= 4 is 47.8 Å². The zero-order valence-electron chi connectivity index (χ0n) is 13.7. The summed E-state index contributed by atoms with van der Waals surface area (Å²) in [6.45, 7) is 1.54. The molecule has 136 valence electrons. The van der Waals surface area contributed by atoms with Crippen LogP contribution in [0, 0.1) is 5.92 Å². The molecule has 1 saturated heterocycles. The first-order chi connectivity index (χ1) is 11.9. The minimum atomic E-state index is -3.58. The molecule has 1 aliphatic carbocycles. The van der Waals surface area contributed by atoms with Crippen molar-refractivity contribution in [2.45, 2.75) is 24.2 Å². The summed E-state index contributed by atoms with van der Waals surface area (Å²) in [4.78, 5) is 14.4. The molecule has 25 heavy (non-hydrogen) atoms. The molecule has 1 aliphatic heterocycles. The number of piperazine rings is 1. The Kier molecular flexibility index (Phi) is 6.03. The smallest absolute Gasteiger partial charge is 0.244 e. The summed E-state index contributed by atoms with van der Waals surface area (Å²) in [6.07, 6.45) is 6.85. The van der Waals surface area contributed by atoms with E-state index in [2.05, 4.69) is 44.0 Å². The highest BCUT2D eigenvalue weighted by molar-refractivity contribution is 9.11. The molecule has 8 heteroatoms. The second-order valence-electron chi connectivity index (χ2n) is 6.33. The largest absolute Gasteiger partial charge is 0.340 e. The van der Waals surface area contributed by atoms with Crippen LogP contribution in [0.15, 0.2) is 44.2 Å². The van der Waals surface area contributed by atoms with Crippen molar-refractivity contribution in [1.29, 1.82) is 0 Å². The molecule has 0 N–H and O–H groups in total. The molecule has 2 aliphatic rings. The Labute approximate surface area is 165 Å². The number of sulfonamides is 1. The monoisotopic (exact) mass is 490 g/mol.